The number of sulfonamides is 1. The van der Waals surface area contributed by atoms with Crippen molar-refractivity contribution in [2.24, 2.45) is 0 Å². The molecule has 166 valence electrons. The number of carbonyl (C=O) groups excluding carboxylic acids is 1. The molecule has 2 aromatic carbocycles. The summed E-state index contributed by atoms with van der Waals surface area (Å²) < 4.78 is 38.1. The van der Waals surface area contributed by atoms with Gasteiger partial charge >= 0.3 is 0 Å². The smallest absolute Gasteiger partial charge is 0.263 e. The highest BCUT2D eigenvalue weighted by molar-refractivity contribution is 7.92. The molecule has 0 saturated heterocycles. The normalized spacial score (nSPS) is 21.9. The Morgan fingerprint density at radius 2 is 1.74 bits per heavy atom. The summed E-state index contributed by atoms with van der Waals surface area (Å²) in [5.41, 5.74) is 2.91. The van der Waals surface area contributed by atoms with E-state index < -0.39 is 21.7 Å². The summed E-state index contributed by atoms with van der Waals surface area (Å²) in [6.07, 6.45) is 0.775. The molecule has 1 amide bonds. The van der Waals surface area contributed by atoms with Gasteiger partial charge in [-0.1, -0.05) is 23.8 Å². The van der Waals surface area contributed by atoms with Gasteiger partial charge in [0.2, 0.25) is 10.0 Å². The Kier molecular flexibility index (Phi) is 5.16. The van der Waals surface area contributed by atoms with Gasteiger partial charge in [-0.15, -0.1) is 0 Å². The first-order valence-electron chi connectivity index (χ1n) is 10.3. The Balaban J connectivity index is 1.62. The standard InChI is InChI=1S/C23H28N2O5S/c1-14-6-8-19-16(10-14)17(12-23(3,4)30-19)24-22(26)21-13-25(31(5,27)28)18-11-15(2)7-9-20(18)29-21/h6-11,17,21H,12-13H2,1-5H3,(H,24,26)/t17-,21-/m1/s1. The van der Waals surface area contributed by atoms with Crippen molar-refractivity contribution >= 4 is 21.6 Å². The highest BCUT2D eigenvalue weighted by atomic mass is 32.2. The van der Waals surface area contributed by atoms with Crippen molar-refractivity contribution in [1.29, 1.82) is 0 Å². The molecule has 0 aliphatic carbocycles. The minimum Gasteiger partial charge on any atom is -0.487 e. The van der Waals surface area contributed by atoms with E-state index >= 15 is 0 Å². The second-order valence-electron chi connectivity index (χ2n) is 9.04. The molecule has 2 aromatic rings. The fraction of sp³-hybridized carbons (Fsp3) is 0.435. The highest BCUT2D eigenvalue weighted by Crippen LogP contribution is 2.40. The SMILES string of the molecule is Cc1ccc2c(c1)[C@H](NC(=O)[C@H]1CN(S(C)(=O)=O)c3cc(C)ccc3O1)CC(C)(C)O2. The molecular formula is C23H28N2O5S. The highest BCUT2D eigenvalue weighted by Gasteiger charge is 2.39. The summed E-state index contributed by atoms with van der Waals surface area (Å²) in [5.74, 6) is 0.774. The van der Waals surface area contributed by atoms with Gasteiger partial charge in [0.15, 0.2) is 6.10 Å². The molecule has 0 radical (unpaired) electrons. The molecule has 2 heterocycles. The fourth-order valence-electron chi connectivity index (χ4n) is 4.18. The number of hydrogen-bond acceptors (Lipinski definition) is 5. The monoisotopic (exact) mass is 444 g/mol. The van der Waals surface area contributed by atoms with Crippen LogP contribution in [0.5, 0.6) is 11.5 Å². The quantitative estimate of drug-likeness (QED) is 0.786. The molecular weight excluding hydrogens is 416 g/mol. The van der Waals surface area contributed by atoms with Crippen LogP contribution in [0.25, 0.3) is 0 Å². The van der Waals surface area contributed by atoms with E-state index in [0.717, 1.165) is 28.7 Å². The van der Waals surface area contributed by atoms with Gasteiger partial charge in [-0.2, -0.15) is 0 Å². The number of nitrogens with one attached hydrogen (secondary N) is 1. The van der Waals surface area contributed by atoms with Crippen molar-refractivity contribution in [3.8, 4) is 11.5 Å². The third kappa shape index (κ3) is 4.35. The molecule has 0 fully saturated rings. The molecule has 2 atom stereocenters. The number of benzene rings is 2. The van der Waals surface area contributed by atoms with Crippen LogP contribution in [0.15, 0.2) is 36.4 Å². The van der Waals surface area contributed by atoms with Gasteiger partial charge in [0.25, 0.3) is 5.91 Å². The van der Waals surface area contributed by atoms with E-state index in [-0.39, 0.29) is 18.5 Å². The predicted molar refractivity (Wildman–Crippen MR) is 119 cm³/mol. The molecule has 8 heteroatoms. The zero-order valence-corrected chi connectivity index (χ0v) is 19.2. The zero-order valence-electron chi connectivity index (χ0n) is 18.4. The van der Waals surface area contributed by atoms with Gasteiger partial charge in [-0.25, -0.2) is 8.42 Å². The molecule has 0 spiro atoms. The number of fused-ring (bicyclic) bond motifs is 2. The van der Waals surface area contributed by atoms with Crippen LogP contribution in [0, 0.1) is 13.8 Å². The number of hydrogen-bond donors (Lipinski definition) is 1. The van der Waals surface area contributed by atoms with Crippen LogP contribution < -0.4 is 19.1 Å². The van der Waals surface area contributed by atoms with E-state index in [4.69, 9.17) is 9.47 Å². The maximum Gasteiger partial charge on any atom is 0.263 e. The van der Waals surface area contributed by atoms with Crippen molar-refractivity contribution in [2.45, 2.75) is 51.9 Å². The average molecular weight is 445 g/mol. The van der Waals surface area contributed by atoms with Crippen molar-refractivity contribution in [3.05, 3.63) is 53.1 Å². The molecule has 0 aromatic heterocycles. The second-order valence-corrected chi connectivity index (χ2v) is 10.9. The number of carbonyl (C=O) groups is 1. The molecule has 2 aliphatic heterocycles. The summed E-state index contributed by atoms with van der Waals surface area (Å²) in [6.45, 7) is 7.76. The predicted octanol–water partition coefficient (Wildman–Crippen LogP) is 3.25. The number of amides is 1. The summed E-state index contributed by atoms with van der Waals surface area (Å²) >= 11 is 0. The Hall–Kier alpha value is -2.74. The number of rotatable bonds is 3. The molecule has 0 unspecified atom stereocenters. The molecule has 2 aliphatic rings. The fourth-order valence-corrected chi connectivity index (χ4v) is 5.09. The lowest BCUT2D eigenvalue weighted by Crippen LogP contribution is -2.52. The van der Waals surface area contributed by atoms with Crippen LogP contribution in [-0.4, -0.2) is 38.8 Å². The van der Waals surface area contributed by atoms with Crippen LogP contribution in [0.1, 0.15) is 43.0 Å². The Labute approximate surface area is 183 Å². The zero-order chi connectivity index (χ0) is 22.6. The van der Waals surface area contributed by atoms with Crippen molar-refractivity contribution in [2.75, 3.05) is 17.1 Å². The summed E-state index contributed by atoms with van der Waals surface area (Å²) in [4.78, 5) is 13.2. The summed E-state index contributed by atoms with van der Waals surface area (Å²) in [5, 5.41) is 3.08. The molecule has 31 heavy (non-hydrogen) atoms. The van der Waals surface area contributed by atoms with Gasteiger partial charge in [-0.05, 0) is 51.5 Å². The van der Waals surface area contributed by atoms with Crippen LogP contribution in [0.2, 0.25) is 0 Å². The Bertz CT molecular complexity index is 1140. The minimum absolute atomic E-state index is 0.0750. The van der Waals surface area contributed by atoms with E-state index in [1.54, 1.807) is 12.1 Å². The van der Waals surface area contributed by atoms with E-state index in [2.05, 4.69) is 5.32 Å². The second kappa shape index (κ2) is 7.44. The molecule has 4 rings (SSSR count). The van der Waals surface area contributed by atoms with Crippen LogP contribution in [0.3, 0.4) is 0 Å². The van der Waals surface area contributed by atoms with Crippen LogP contribution >= 0.6 is 0 Å². The topological polar surface area (TPSA) is 84.9 Å². The van der Waals surface area contributed by atoms with Gasteiger partial charge in [0.1, 0.15) is 17.1 Å². The maximum atomic E-state index is 13.2. The van der Waals surface area contributed by atoms with E-state index in [1.165, 1.54) is 4.31 Å². The molecule has 1 N–H and O–H groups in total. The van der Waals surface area contributed by atoms with Gasteiger partial charge in [0, 0.05) is 12.0 Å². The Morgan fingerprint density at radius 3 is 2.42 bits per heavy atom. The van der Waals surface area contributed by atoms with Crippen molar-refractivity contribution in [1.82, 2.24) is 5.32 Å². The maximum absolute atomic E-state index is 13.2. The van der Waals surface area contributed by atoms with Gasteiger partial charge < -0.3 is 14.8 Å². The average Bonchev–Trinajstić information content (AvgIpc) is 2.66. The number of aryl methyl sites for hydroxylation is 2. The first-order chi connectivity index (χ1) is 14.4. The minimum atomic E-state index is -3.58. The van der Waals surface area contributed by atoms with Gasteiger partial charge in [0.05, 0.1) is 24.5 Å². The van der Waals surface area contributed by atoms with E-state index in [1.807, 2.05) is 52.0 Å². The van der Waals surface area contributed by atoms with Crippen LogP contribution in [-0.2, 0) is 14.8 Å². The third-order valence-electron chi connectivity index (χ3n) is 5.62. The molecule has 7 nitrogen and oxygen atoms in total. The largest absolute Gasteiger partial charge is 0.487 e. The lowest BCUT2D eigenvalue weighted by Gasteiger charge is -2.39. The Morgan fingerprint density at radius 1 is 1.10 bits per heavy atom. The lowest BCUT2D eigenvalue weighted by molar-refractivity contribution is -0.129. The first-order valence-corrected chi connectivity index (χ1v) is 12.1. The van der Waals surface area contributed by atoms with Crippen molar-refractivity contribution < 1.29 is 22.7 Å². The summed E-state index contributed by atoms with van der Waals surface area (Å²) in [6, 6.07) is 10.9. The summed E-state index contributed by atoms with van der Waals surface area (Å²) in [7, 11) is -3.58. The van der Waals surface area contributed by atoms with Gasteiger partial charge in [-0.3, -0.25) is 9.10 Å². The third-order valence-corrected chi connectivity index (χ3v) is 6.76. The number of anilines is 1. The number of ether oxygens (including phenoxy) is 2. The van der Waals surface area contributed by atoms with E-state index in [9.17, 15) is 13.2 Å². The van der Waals surface area contributed by atoms with Crippen LogP contribution in [0.4, 0.5) is 5.69 Å². The molecule has 0 saturated carbocycles. The first kappa shape index (κ1) is 21.5. The van der Waals surface area contributed by atoms with Crippen molar-refractivity contribution in [3.63, 3.8) is 0 Å². The number of nitrogens with zero attached hydrogens (tertiary/aromatic N) is 1. The lowest BCUT2D eigenvalue weighted by atomic mass is 9.89. The van der Waals surface area contributed by atoms with E-state index in [0.29, 0.717) is 17.9 Å². The molecule has 0 bridgehead atoms.